The largest absolute Gasteiger partial charge is 0.508 e. The van der Waals surface area contributed by atoms with Crippen LogP contribution in [-0.2, 0) is 11.2 Å². The van der Waals surface area contributed by atoms with Crippen LogP contribution in [0.5, 0.6) is 11.5 Å². The molecule has 3 heteroatoms. The first-order valence-electron chi connectivity index (χ1n) is 10.8. The Morgan fingerprint density at radius 1 is 0.933 bits per heavy atom. The van der Waals surface area contributed by atoms with Crippen LogP contribution >= 0.6 is 0 Å². The molecule has 0 heterocycles. The number of ether oxygens (including phenoxy) is 1. The van der Waals surface area contributed by atoms with Crippen molar-refractivity contribution in [3.8, 4) is 11.5 Å². The summed E-state index contributed by atoms with van der Waals surface area (Å²) in [6, 6.07) is 25.0. The van der Waals surface area contributed by atoms with Crippen LogP contribution in [0.15, 0.2) is 72.8 Å². The third kappa shape index (κ3) is 4.56. The highest BCUT2D eigenvalue weighted by atomic mass is 16.5. The van der Waals surface area contributed by atoms with Gasteiger partial charge >= 0.3 is 0 Å². The summed E-state index contributed by atoms with van der Waals surface area (Å²) in [6.45, 7) is 0.630. The first-order chi connectivity index (χ1) is 14.8. The van der Waals surface area contributed by atoms with Crippen molar-refractivity contribution in [1.29, 1.82) is 0 Å². The topological polar surface area (TPSA) is 46.5 Å². The van der Waals surface area contributed by atoms with Crippen molar-refractivity contribution in [2.75, 3.05) is 6.61 Å². The van der Waals surface area contributed by atoms with Crippen LogP contribution in [0.25, 0.3) is 0 Å². The Balaban J connectivity index is 1.59. The number of phenolic OH excluding ortho intramolecular Hbond substituents is 1. The van der Waals surface area contributed by atoms with Gasteiger partial charge in [-0.15, -0.1) is 0 Å². The van der Waals surface area contributed by atoms with Gasteiger partial charge in [0.2, 0.25) is 0 Å². The van der Waals surface area contributed by atoms with E-state index in [1.165, 1.54) is 22.3 Å². The van der Waals surface area contributed by atoms with Crippen LogP contribution in [0.2, 0.25) is 0 Å². The molecule has 0 aromatic heterocycles. The fourth-order valence-corrected chi connectivity index (χ4v) is 4.57. The molecule has 3 aromatic rings. The van der Waals surface area contributed by atoms with Gasteiger partial charge in [0, 0.05) is 12.3 Å². The number of hydrogen-bond donors (Lipinski definition) is 1. The van der Waals surface area contributed by atoms with Crippen LogP contribution in [0.1, 0.15) is 59.8 Å². The van der Waals surface area contributed by atoms with Crippen LogP contribution in [-0.4, -0.2) is 18.0 Å². The zero-order valence-electron chi connectivity index (χ0n) is 17.2. The number of unbranched alkanes of at least 4 members (excludes halogenated alkanes) is 2. The third-order valence-electron chi connectivity index (χ3n) is 6.04. The second kappa shape index (κ2) is 9.62. The van der Waals surface area contributed by atoms with E-state index in [0.717, 1.165) is 37.7 Å². The van der Waals surface area contributed by atoms with Crippen molar-refractivity contribution in [1.82, 2.24) is 0 Å². The van der Waals surface area contributed by atoms with E-state index in [1.54, 1.807) is 6.07 Å². The van der Waals surface area contributed by atoms with Gasteiger partial charge in [0.1, 0.15) is 17.8 Å². The van der Waals surface area contributed by atoms with Crippen LogP contribution < -0.4 is 4.74 Å². The Hall–Kier alpha value is -3.07. The SMILES string of the molecule is O=CCCCCOc1ccc([C@@H]2c3ccc(O)cc3CC[C@@H]2c2ccccc2)cc1. The number of carbonyl (C=O) groups excluding carboxylic acids is 1. The van der Waals surface area contributed by atoms with Crippen molar-refractivity contribution in [3.05, 3.63) is 95.1 Å². The number of hydrogen-bond acceptors (Lipinski definition) is 3. The highest BCUT2D eigenvalue weighted by Gasteiger charge is 2.32. The molecule has 0 saturated carbocycles. The summed E-state index contributed by atoms with van der Waals surface area (Å²) >= 11 is 0. The maximum atomic E-state index is 10.4. The summed E-state index contributed by atoms with van der Waals surface area (Å²) in [7, 11) is 0. The average Bonchev–Trinajstić information content (AvgIpc) is 2.79. The average molecular weight is 401 g/mol. The summed E-state index contributed by atoms with van der Waals surface area (Å²) < 4.78 is 5.84. The van der Waals surface area contributed by atoms with Gasteiger partial charge in [-0.2, -0.15) is 0 Å². The fourth-order valence-electron chi connectivity index (χ4n) is 4.57. The molecular weight excluding hydrogens is 372 g/mol. The molecule has 0 saturated heterocycles. The summed E-state index contributed by atoms with van der Waals surface area (Å²) in [5, 5.41) is 9.96. The minimum atomic E-state index is 0.249. The number of benzene rings is 3. The molecule has 2 atom stereocenters. The van der Waals surface area contributed by atoms with E-state index in [2.05, 4.69) is 48.5 Å². The van der Waals surface area contributed by atoms with E-state index in [0.29, 0.717) is 24.7 Å². The smallest absolute Gasteiger partial charge is 0.119 e. The summed E-state index contributed by atoms with van der Waals surface area (Å²) in [5.41, 5.74) is 5.17. The predicted molar refractivity (Wildman–Crippen MR) is 119 cm³/mol. The van der Waals surface area contributed by atoms with Crippen LogP contribution in [0.4, 0.5) is 0 Å². The molecule has 0 fully saturated rings. The second-order valence-electron chi connectivity index (χ2n) is 8.00. The number of fused-ring (bicyclic) bond motifs is 1. The molecule has 1 N–H and O–H groups in total. The molecule has 3 nitrogen and oxygen atoms in total. The molecule has 0 spiro atoms. The quantitative estimate of drug-likeness (QED) is 0.372. The molecule has 1 aliphatic carbocycles. The maximum Gasteiger partial charge on any atom is 0.119 e. The first kappa shape index (κ1) is 20.2. The monoisotopic (exact) mass is 400 g/mol. The molecule has 0 bridgehead atoms. The van der Waals surface area contributed by atoms with Gasteiger partial charge in [0.25, 0.3) is 0 Å². The Bertz CT molecular complexity index is 963. The van der Waals surface area contributed by atoms with Gasteiger partial charge in [0.05, 0.1) is 6.61 Å². The van der Waals surface area contributed by atoms with Gasteiger partial charge in [-0.25, -0.2) is 0 Å². The van der Waals surface area contributed by atoms with Crippen molar-refractivity contribution in [2.24, 2.45) is 0 Å². The van der Waals surface area contributed by atoms with Crippen LogP contribution in [0, 0.1) is 0 Å². The maximum absolute atomic E-state index is 10.4. The molecule has 0 aliphatic heterocycles. The molecule has 4 rings (SSSR count). The first-order valence-corrected chi connectivity index (χ1v) is 10.8. The summed E-state index contributed by atoms with van der Waals surface area (Å²) in [4.78, 5) is 10.4. The van der Waals surface area contributed by atoms with E-state index in [-0.39, 0.29) is 5.92 Å². The lowest BCUT2D eigenvalue weighted by molar-refractivity contribution is -0.107. The lowest BCUT2D eigenvalue weighted by Crippen LogP contribution is -2.20. The number of aromatic hydroxyl groups is 1. The van der Waals surface area contributed by atoms with E-state index < -0.39 is 0 Å². The van der Waals surface area contributed by atoms with E-state index >= 15 is 0 Å². The molecule has 0 amide bonds. The molecule has 0 unspecified atom stereocenters. The third-order valence-corrected chi connectivity index (χ3v) is 6.04. The Morgan fingerprint density at radius 2 is 1.73 bits per heavy atom. The highest BCUT2D eigenvalue weighted by molar-refractivity contribution is 5.49. The van der Waals surface area contributed by atoms with Gasteiger partial charge in [0.15, 0.2) is 0 Å². The van der Waals surface area contributed by atoms with Crippen molar-refractivity contribution in [3.63, 3.8) is 0 Å². The predicted octanol–water partition coefficient (Wildman–Crippen LogP) is 6.00. The molecular formula is C27H28O3. The van der Waals surface area contributed by atoms with E-state index in [1.807, 2.05) is 18.2 Å². The molecule has 0 radical (unpaired) electrons. The highest BCUT2D eigenvalue weighted by Crippen LogP contribution is 2.47. The van der Waals surface area contributed by atoms with Gasteiger partial charge < -0.3 is 14.6 Å². The van der Waals surface area contributed by atoms with Gasteiger partial charge in [-0.3, -0.25) is 0 Å². The summed E-state index contributed by atoms with van der Waals surface area (Å²) in [5.74, 6) is 1.85. The minimum Gasteiger partial charge on any atom is -0.508 e. The van der Waals surface area contributed by atoms with Crippen molar-refractivity contribution < 1.29 is 14.6 Å². The lowest BCUT2D eigenvalue weighted by atomic mass is 9.69. The summed E-state index contributed by atoms with van der Waals surface area (Å²) in [6.07, 6.45) is 5.34. The minimum absolute atomic E-state index is 0.249. The van der Waals surface area contributed by atoms with Gasteiger partial charge in [-0.1, -0.05) is 48.5 Å². The number of aldehydes is 1. The Labute approximate surface area is 178 Å². The second-order valence-corrected chi connectivity index (χ2v) is 8.00. The fraction of sp³-hybridized carbons (Fsp3) is 0.296. The molecule has 30 heavy (non-hydrogen) atoms. The van der Waals surface area contributed by atoms with Gasteiger partial charge in [-0.05, 0) is 78.1 Å². The van der Waals surface area contributed by atoms with Crippen molar-refractivity contribution >= 4 is 6.29 Å². The molecule has 154 valence electrons. The zero-order valence-corrected chi connectivity index (χ0v) is 17.2. The number of carbonyl (C=O) groups is 1. The van der Waals surface area contributed by atoms with E-state index in [9.17, 15) is 9.90 Å². The number of rotatable bonds is 8. The van der Waals surface area contributed by atoms with E-state index in [4.69, 9.17) is 4.74 Å². The Morgan fingerprint density at radius 3 is 2.50 bits per heavy atom. The van der Waals surface area contributed by atoms with Crippen LogP contribution in [0.3, 0.4) is 0 Å². The molecule has 3 aromatic carbocycles. The Kier molecular flexibility index (Phi) is 6.48. The number of aryl methyl sites for hydroxylation is 1. The zero-order chi connectivity index (χ0) is 20.8. The lowest BCUT2D eigenvalue weighted by Gasteiger charge is -2.34. The normalized spacial score (nSPS) is 17.9. The molecule has 1 aliphatic rings. The standard InChI is InChI=1S/C27H28O3/c28-17-5-2-6-18-30-24-13-9-21(10-14-24)27-25(20-7-3-1-4-8-20)15-11-22-19-23(29)12-16-26(22)27/h1,3-4,7-10,12-14,16-17,19,25,27,29H,2,5-6,11,15,18H2/t25-,27+/m1/s1. The number of phenols is 1. The van der Waals surface area contributed by atoms with Crippen molar-refractivity contribution in [2.45, 2.75) is 43.9 Å².